The fourth-order valence-corrected chi connectivity index (χ4v) is 3.53. The third-order valence-corrected chi connectivity index (χ3v) is 4.44. The van der Waals surface area contributed by atoms with Crippen LogP contribution >= 0.6 is 38.9 Å². The molecule has 0 bridgehead atoms. The SMILES string of the molecule is Cc1sc(Br)cc1C(N)c1ccc(Cl)c(F)c1. The summed E-state index contributed by atoms with van der Waals surface area (Å²) in [6, 6.07) is 6.31. The zero-order chi connectivity index (χ0) is 12.6. The second-order valence-corrected chi connectivity index (χ2v) is 6.76. The van der Waals surface area contributed by atoms with E-state index in [1.54, 1.807) is 17.4 Å². The number of thiophene rings is 1. The molecule has 0 aliphatic carbocycles. The molecular formula is C12H10BrClFNS. The van der Waals surface area contributed by atoms with Gasteiger partial charge in [0.05, 0.1) is 14.9 Å². The lowest BCUT2D eigenvalue weighted by atomic mass is 10.0. The van der Waals surface area contributed by atoms with Crippen LogP contribution in [0.25, 0.3) is 0 Å². The first-order valence-electron chi connectivity index (χ1n) is 4.95. The number of benzene rings is 1. The summed E-state index contributed by atoms with van der Waals surface area (Å²) in [6.07, 6.45) is 0. The van der Waals surface area contributed by atoms with Crippen LogP contribution in [0.2, 0.25) is 5.02 Å². The summed E-state index contributed by atoms with van der Waals surface area (Å²) in [5, 5.41) is 0.115. The predicted molar refractivity (Wildman–Crippen MR) is 74.2 cm³/mol. The summed E-state index contributed by atoms with van der Waals surface area (Å²) in [5.74, 6) is -0.438. The molecule has 0 fully saturated rings. The molecule has 90 valence electrons. The molecule has 1 atom stereocenters. The van der Waals surface area contributed by atoms with E-state index in [9.17, 15) is 4.39 Å². The largest absolute Gasteiger partial charge is 0.320 e. The van der Waals surface area contributed by atoms with Gasteiger partial charge in [-0.2, -0.15) is 0 Å². The second kappa shape index (κ2) is 5.06. The van der Waals surface area contributed by atoms with Gasteiger partial charge in [-0.25, -0.2) is 4.39 Å². The molecule has 1 nitrogen and oxygen atoms in total. The number of hydrogen-bond donors (Lipinski definition) is 1. The maximum absolute atomic E-state index is 13.4. The van der Waals surface area contributed by atoms with Gasteiger partial charge in [-0.1, -0.05) is 17.7 Å². The zero-order valence-electron chi connectivity index (χ0n) is 9.01. The first-order chi connectivity index (χ1) is 7.99. The molecule has 0 aliphatic heterocycles. The maximum atomic E-state index is 13.4. The van der Waals surface area contributed by atoms with Crippen molar-refractivity contribution in [2.24, 2.45) is 5.73 Å². The number of hydrogen-bond acceptors (Lipinski definition) is 2. The van der Waals surface area contributed by atoms with Crippen LogP contribution in [0, 0.1) is 12.7 Å². The Hall–Kier alpha value is -0.420. The van der Waals surface area contributed by atoms with Gasteiger partial charge in [-0.15, -0.1) is 11.3 Å². The Balaban J connectivity index is 2.40. The molecule has 0 amide bonds. The summed E-state index contributed by atoms with van der Waals surface area (Å²) in [4.78, 5) is 1.12. The minimum Gasteiger partial charge on any atom is -0.320 e. The Bertz CT molecular complexity index is 555. The van der Waals surface area contributed by atoms with E-state index in [1.165, 1.54) is 12.1 Å². The quantitative estimate of drug-likeness (QED) is 0.849. The van der Waals surface area contributed by atoms with Crippen molar-refractivity contribution in [3.05, 3.63) is 54.9 Å². The Morgan fingerprint density at radius 3 is 2.65 bits per heavy atom. The smallest absolute Gasteiger partial charge is 0.142 e. The third-order valence-electron chi connectivity index (χ3n) is 2.56. The summed E-state index contributed by atoms with van der Waals surface area (Å²) in [7, 11) is 0. The van der Waals surface area contributed by atoms with Crippen molar-refractivity contribution >= 4 is 38.9 Å². The minimum absolute atomic E-state index is 0.115. The molecule has 2 aromatic rings. The number of rotatable bonds is 2. The van der Waals surface area contributed by atoms with Crippen molar-refractivity contribution in [2.45, 2.75) is 13.0 Å². The van der Waals surface area contributed by atoms with Crippen molar-refractivity contribution in [1.82, 2.24) is 0 Å². The van der Waals surface area contributed by atoms with Crippen molar-refractivity contribution in [1.29, 1.82) is 0 Å². The highest BCUT2D eigenvalue weighted by molar-refractivity contribution is 9.11. The lowest BCUT2D eigenvalue weighted by Crippen LogP contribution is -2.12. The van der Waals surface area contributed by atoms with Gasteiger partial charge in [0.15, 0.2) is 0 Å². The number of halogens is 3. The molecule has 1 unspecified atom stereocenters. The lowest BCUT2D eigenvalue weighted by Gasteiger charge is -2.12. The average Bonchev–Trinajstić information content (AvgIpc) is 2.61. The average molecular weight is 335 g/mol. The van der Waals surface area contributed by atoms with Crippen LogP contribution in [0.3, 0.4) is 0 Å². The molecule has 1 heterocycles. The molecule has 0 saturated heterocycles. The van der Waals surface area contributed by atoms with Gasteiger partial charge < -0.3 is 5.73 Å². The summed E-state index contributed by atoms with van der Waals surface area (Å²) >= 11 is 10.7. The third kappa shape index (κ3) is 2.71. The molecule has 2 N–H and O–H groups in total. The highest BCUT2D eigenvalue weighted by atomic mass is 79.9. The molecule has 1 aromatic heterocycles. The van der Waals surface area contributed by atoms with Gasteiger partial charge in [-0.05, 0) is 52.2 Å². The minimum atomic E-state index is -0.438. The van der Waals surface area contributed by atoms with E-state index in [4.69, 9.17) is 17.3 Å². The standard InChI is InChI=1S/C12H10BrClFNS/c1-6-8(5-11(13)17-6)12(16)7-2-3-9(14)10(15)4-7/h2-5,12H,16H2,1H3. The number of aryl methyl sites for hydroxylation is 1. The van der Waals surface area contributed by atoms with Gasteiger partial charge in [-0.3, -0.25) is 0 Å². The van der Waals surface area contributed by atoms with Gasteiger partial charge >= 0.3 is 0 Å². The fraction of sp³-hybridized carbons (Fsp3) is 0.167. The normalized spacial score (nSPS) is 12.8. The monoisotopic (exact) mass is 333 g/mol. The highest BCUT2D eigenvalue weighted by Gasteiger charge is 2.15. The molecule has 0 radical (unpaired) electrons. The van der Waals surface area contributed by atoms with Gasteiger partial charge in [0.2, 0.25) is 0 Å². The molecule has 17 heavy (non-hydrogen) atoms. The van der Waals surface area contributed by atoms with Crippen LogP contribution < -0.4 is 5.73 Å². The Morgan fingerprint density at radius 1 is 1.41 bits per heavy atom. The molecule has 0 saturated carbocycles. The van der Waals surface area contributed by atoms with E-state index in [-0.39, 0.29) is 11.1 Å². The Morgan fingerprint density at radius 2 is 2.12 bits per heavy atom. The van der Waals surface area contributed by atoms with E-state index < -0.39 is 5.82 Å². The van der Waals surface area contributed by atoms with Crippen LogP contribution in [0.1, 0.15) is 22.0 Å². The Labute approximate surface area is 117 Å². The van der Waals surface area contributed by atoms with Crippen molar-refractivity contribution < 1.29 is 4.39 Å². The van der Waals surface area contributed by atoms with Crippen molar-refractivity contribution in [3.63, 3.8) is 0 Å². The molecule has 2 rings (SSSR count). The van der Waals surface area contributed by atoms with Gasteiger partial charge in [0.1, 0.15) is 5.82 Å². The fourth-order valence-electron chi connectivity index (χ4n) is 1.65. The first-order valence-corrected chi connectivity index (χ1v) is 6.94. The van der Waals surface area contributed by atoms with Crippen LogP contribution in [-0.4, -0.2) is 0 Å². The molecule has 0 aliphatic rings. The van der Waals surface area contributed by atoms with Gasteiger partial charge in [0, 0.05) is 4.88 Å². The van der Waals surface area contributed by atoms with Crippen LogP contribution in [0.5, 0.6) is 0 Å². The summed E-state index contributed by atoms with van der Waals surface area (Å²) < 4.78 is 14.4. The molecule has 1 aromatic carbocycles. The van der Waals surface area contributed by atoms with Crippen molar-refractivity contribution in [3.8, 4) is 0 Å². The zero-order valence-corrected chi connectivity index (χ0v) is 12.2. The molecule has 0 spiro atoms. The van der Waals surface area contributed by atoms with E-state index in [0.717, 1.165) is 19.8 Å². The van der Waals surface area contributed by atoms with E-state index >= 15 is 0 Å². The summed E-state index contributed by atoms with van der Waals surface area (Å²) in [6.45, 7) is 2.00. The topological polar surface area (TPSA) is 26.0 Å². The number of nitrogens with two attached hydrogens (primary N) is 1. The lowest BCUT2D eigenvalue weighted by molar-refractivity contribution is 0.624. The van der Waals surface area contributed by atoms with E-state index in [2.05, 4.69) is 15.9 Å². The van der Waals surface area contributed by atoms with Crippen LogP contribution in [-0.2, 0) is 0 Å². The molecular weight excluding hydrogens is 325 g/mol. The van der Waals surface area contributed by atoms with Crippen LogP contribution in [0.4, 0.5) is 4.39 Å². The highest BCUT2D eigenvalue weighted by Crippen LogP contribution is 2.33. The maximum Gasteiger partial charge on any atom is 0.142 e. The predicted octanol–water partition coefficient (Wildman–Crippen LogP) is 4.66. The van der Waals surface area contributed by atoms with E-state index in [1.807, 2.05) is 13.0 Å². The second-order valence-electron chi connectivity index (χ2n) is 3.71. The van der Waals surface area contributed by atoms with Crippen LogP contribution in [0.15, 0.2) is 28.1 Å². The van der Waals surface area contributed by atoms with E-state index in [0.29, 0.717) is 0 Å². The summed E-state index contributed by atoms with van der Waals surface area (Å²) in [5.41, 5.74) is 7.85. The Kier molecular flexibility index (Phi) is 3.88. The first kappa shape index (κ1) is 13.0. The van der Waals surface area contributed by atoms with Gasteiger partial charge in [0.25, 0.3) is 0 Å². The molecule has 5 heteroatoms. The van der Waals surface area contributed by atoms with Crippen molar-refractivity contribution in [2.75, 3.05) is 0 Å².